The van der Waals surface area contributed by atoms with Gasteiger partial charge in [-0.1, -0.05) is 6.92 Å². The highest BCUT2D eigenvalue weighted by Gasteiger charge is 2.30. The zero-order chi connectivity index (χ0) is 18.8. The highest BCUT2D eigenvalue weighted by Crippen LogP contribution is 2.26. The monoisotopic (exact) mass is 369 g/mol. The van der Waals surface area contributed by atoms with Gasteiger partial charge >= 0.3 is 0 Å². The van der Waals surface area contributed by atoms with Crippen LogP contribution in [0.2, 0.25) is 0 Å². The number of sulfonamides is 1. The highest BCUT2D eigenvalue weighted by atomic mass is 32.2. The van der Waals surface area contributed by atoms with E-state index in [-0.39, 0.29) is 23.1 Å². The molecule has 1 aromatic rings. The van der Waals surface area contributed by atoms with Gasteiger partial charge in [0.15, 0.2) is 0 Å². The first kappa shape index (κ1) is 20.1. The van der Waals surface area contributed by atoms with Crippen LogP contribution in [0.1, 0.15) is 41.0 Å². The van der Waals surface area contributed by atoms with Crippen molar-refractivity contribution in [3.8, 4) is 0 Å². The Morgan fingerprint density at radius 2 is 1.88 bits per heavy atom. The minimum Gasteiger partial charge on any atom is -0.379 e. The number of piperidine rings is 1. The minimum atomic E-state index is -3.54. The largest absolute Gasteiger partial charge is 0.379 e. The molecule has 2 unspecified atom stereocenters. The van der Waals surface area contributed by atoms with E-state index in [4.69, 9.17) is 4.74 Å². The Bertz CT molecular complexity index is 651. The smallest absolute Gasteiger partial charge is 0.245 e. The van der Waals surface area contributed by atoms with E-state index in [1.165, 1.54) is 10.5 Å². The van der Waals surface area contributed by atoms with Gasteiger partial charge in [-0.3, -0.25) is 0 Å². The van der Waals surface area contributed by atoms with Crippen LogP contribution >= 0.6 is 0 Å². The molecule has 0 spiro atoms. The third-order valence-electron chi connectivity index (χ3n) is 4.83. The molecule has 2 rings (SSSR count). The first-order valence-corrected chi connectivity index (χ1v) is 10.4. The van der Waals surface area contributed by atoms with E-state index in [2.05, 4.69) is 16.8 Å². The van der Waals surface area contributed by atoms with Crippen LogP contribution in [0.5, 0.6) is 0 Å². The summed E-state index contributed by atoms with van der Waals surface area (Å²) in [4.78, 5) is 6.83. The van der Waals surface area contributed by atoms with Crippen molar-refractivity contribution in [2.45, 2.75) is 64.1 Å². The van der Waals surface area contributed by atoms with Crippen molar-refractivity contribution < 1.29 is 13.2 Å². The molecule has 142 valence electrons. The summed E-state index contributed by atoms with van der Waals surface area (Å²) in [5.74, 6) is 1.32. The average Bonchev–Trinajstić information content (AvgIpc) is 2.54. The molecule has 0 N–H and O–H groups in total. The van der Waals surface area contributed by atoms with Crippen LogP contribution in [0.15, 0.2) is 23.2 Å². The molecule has 1 aliphatic rings. The van der Waals surface area contributed by atoms with Crippen molar-refractivity contribution >= 4 is 15.8 Å². The number of hydrogen-bond donors (Lipinski definition) is 0. The van der Waals surface area contributed by atoms with E-state index in [1.54, 1.807) is 19.2 Å². The van der Waals surface area contributed by atoms with Gasteiger partial charge < -0.3 is 9.64 Å². The molecule has 2 heterocycles. The zero-order valence-corrected chi connectivity index (χ0v) is 17.0. The molecule has 0 amide bonds. The topological polar surface area (TPSA) is 62.7 Å². The van der Waals surface area contributed by atoms with E-state index < -0.39 is 10.0 Å². The Labute approximate surface area is 152 Å². The van der Waals surface area contributed by atoms with Crippen LogP contribution in [0.4, 0.5) is 5.82 Å². The van der Waals surface area contributed by atoms with E-state index >= 15 is 0 Å². The lowest BCUT2D eigenvalue weighted by Gasteiger charge is -2.37. The van der Waals surface area contributed by atoms with Crippen LogP contribution in [0.25, 0.3) is 0 Å². The molecule has 0 radical (unpaired) electrons. The van der Waals surface area contributed by atoms with Crippen LogP contribution in [-0.4, -0.2) is 56.1 Å². The molecule has 0 saturated carbocycles. The fourth-order valence-corrected chi connectivity index (χ4v) is 5.31. The molecule has 1 aromatic heterocycles. The van der Waals surface area contributed by atoms with Gasteiger partial charge in [0, 0.05) is 38.5 Å². The fourth-order valence-electron chi connectivity index (χ4n) is 3.53. The Morgan fingerprint density at radius 3 is 2.36 bits per heavy atom. The Morgan fingerprint density at radius 1 is 1.24 bits per heavy atom. The summed E-state index contributed by atoms with van der Waals surface area (Å²) in [6, 6.07) is 3.26. The number of aromatic nitrogens is 1. The lowest BCUT2D eigenvalue weighted by molar-refractivity contribution is 0.0496. The van der Waals surface area contributed by atoms with Gasteiger partial charge in [0.05, 0.1) is 6.10 Å². The normalized spacial score (nSPS) is 22.2. The Kier molecular flexibility index (Phi) is 6.45. The summed E-state index contributed by atoms with van der Waals surface area (Å²) in [5, 5.41) is 0. The van der Waals surface area contributed by atoms with Crippen molar-refractivity contribution in [1.82, 2.24) is 9.29 Å². The van der Waals surface area contributed by atoms with Crippen molar-refractivity contribution in [2.75, 3.05) is 25.1 Å². The summed E-state index contributed by atoms with van der Waals surface area (Å²) >= 11 is 0. The molecule has 6 nitrogen and oxygen atoms in total. The number of hydrogen-bond acceptors (Lipinski definition) is 5. The summed E-state index contributed by atoms with van der Waals surface area (Å²) in [6.07, 6.45) is 2.69. The first-order valence-electron chi connectivity index (χ1n) is 8.95. The maximum absolute atomic E-state index is 12.9. The van der Waals surface area contributed by atoms with Gasteiger partial charge in [-0.25, -0.2) is 13.4 Å². The van der Waals surface area contributed by atoms with Crippen LogP contribution in [0.3, 0.4) is 0 Å². The predicted molar refractivity (Wildman–Crippen MR) is 100 cm³/mol. The van der Waals surface area contributed by atoms with Gasteiger partial charge in [0.1, 0.15) is 10.7 Å². The highest BCUT2D eigenvalue weighted by molar-refractivity contribution is 7.89. The third kappa shape index (κ3) is 4.33. The second-order valence-electron chi connectivity index (χ2n) is 7.36. The Hall–Kier alpha value is -1.18. The first-order chi connectivity index (χ1) is 11.7. The van der Waals surface area contributed by atoms with Crippen LogP contribution in [-0.2, 0) is 14.8 Å². The number of ether oxygens (including phenoxy) is 1. The third-order valence-corrected chi connectivity index (χ3v) is 7.07. The molecule has 0 bridgehead atoms. The summed E-state index contributed by atoms with van der Waals surface area (Å²) in [7, 11) is -1.81. The molecule has 0 aliphatic carbocycles. The van der Waals surface area contributed by atoms with Crippen LogP contribution < -0.4 is 4.90 Å². The summed E-state index contributed by atoms with van der Waals surface area (Å²) in [6.45, 7) is 11.4. The van der Waals surface area contributed by atoms with E-state index in [9.17, 15) is 8.42 Å². The zero-order valence-electron chi connectivity index (χ0n) is 16.1. The molecular formula is C18H31N3O3S. The molecular weight excluding hydrogens is 338 g/mol. The van der Waals surface area contributed by atoms with E-state index in [1.807, 2.05) is 27.7 Å². The molecule has 7 heteroatoms. The van der Waals surface area contributed by atoms with Crippen molar-refractivity contribution in [2.24, 2.45) is 5.92 Å². The molecule has 1 aliphatic heterocycles. The number of nitrogens with zero attached hydrogens (tertiary/aromatic N) is 3. The number of methoxy groups -OCH3 is 1. The van der Waals surface area contributed by atoms with Crippen molar-refractivity contribution in [3.63, 3.8) is 0 Å². The Balaban J connectivity index is 2.22. The van der Waals surface area contributed by atoms with Crippen molar-refractivity contribution in [3.05, 3.63) is 18.3 Å². The van der Waals surface area contributed by atoms with Gasteiger partial charge in [0.2, 0.25) is 10.0 Å². The second kappa shape index (κ2) is 8.01. The number of pyridine rings is 1. The maximum atomic E-state index is 12.9. The average molecular weight is 370 g/mol. The SMILES string of the molecule is COC1CN(c2ccc(S(=O)(=O)N(C(C)C)C(C)C)cn2)CCC1C. The van der Waals surface area contributed by atoms with E-state index in [0.29, 0.717) is 5.92 Å². The van der Waals surface area contributed by atoms with Gasteiger partial charge in [-0.15, -0.1) is 0 Å². The maximum Gasteiger partial charge on any atom is 0.245 e. The van der Waals surface area contributed by atoms with Crippen molar-refractivity contribution in [1.29, 1.82) is 0 Å². The van der Waals surface area contributed by atoms with Gasteiger partial charge in [0.25, 0.3) is 0 Å². The summed E-state index contributed by atoms with van der Waals surface area (Å²) in [5.41, 5.74) is 0. The van der Waals surface area contributed by atoms with E-state index in [0.717, 1.165) is 25.3 Å². The fraction of sp³-hybridized carbons (Fsp3) is 0.722. The predicted octanol–water partition coefficient (Wildman–Crippen LogP) is 2.75. The molecule has 0 aromatic carbocycles. The molecule has 1 fully saturated rings. The second-order valence-corrected chi connectivity index (χ2v) is 9.20. The molecule has 1 saturated heterocycles. The lowest BCUT2D eigenvalue weighted by atomic mass is 9.96. The van der Waals surface area contributed by atoms with Crippen LogP contribution in [0, 0.1) is 5.92 Å². The minimum absolute atomic E-state index is 0.101. The lowest BCUT2D eigenvalue weighted by Crippen LogP contribution is -2.44. The van der Waals surface area contributed by atoms with Gasteiger partial charge in [-0.2, -0.15) is 4.31 Å². The standard InChI is InChI=1S/C18H31N3O3S/c1-13(2)21(14(3)4)25(22,23)16-7-8-18(19-11-16)20-10-9-15(5)17(12-20)24-6/h7-8,11,13-15,17H,9-10,12H2,1-6H3. The summed E-state index contributed by atoms with van der Waals surface area (Å²) < 4.78 is 32.9. The van der Waals surface area contributed by atoms with Gasteiger partial charge in [-0.05, 0) is 52.2 Å². The number of anilines is 1. The quantitative estimate of drug-likeness (QED) is 0.771. The molecule has 25 heavy (non-hydrogen) atoms. The number of rotatable bonds is 6. The molecule has 2 atom stereocenters.